The number of anilines is 1. The summed E-state index contributed by atoms with van der Waals surface area (Å²) in [4.78, 5) is 4.51. The van der Waals surface area contributed by atoms with Gasteiger partial charge in [0.15, 0.2) is 0 Å². The van der Waals surface area contributed by atoms with E-state index in [2.05, 4.69) is 51.4 Å². The Labute approximate surface area is 151 Å². The summed E-state index contributed by atoms with van der Waals surface area (Å²) in [5.41, 5.74) is 2.53. The average Bonchev–Trinajstić information content (AvgIpc) is 2.62. The van der Waals surface area contributed by atoms with E-state index in [1.54, 1.807) is 7.11 Å². The van der Waals surface area contributed by atoms with Crippen LogP contribution in [-0.4, -0.2) is 31.9 Å². The number of rotatable bonds is 5. The van der Waals surface area contributed by atoms with Crippen molar-refractivity contribution in [2.24, 2.45) is 0 Å². The molecule has 1 aromatic carbocycles. The first-order valence-corrected chi connectivity index (χ1v) is 9.01. The zero-order valence-corrected chi connectivity index (χ0v) is 15.7. The summed E-state index contributed by atoms with van der Waals surface area (Å²) in [5.74, 6) is 1.83. The number of aromatic nitrogens is 1. The van der Waals surface area contributed by atoms with Crippen molar-refractivity contribution in [1.29, 1.82) is 0 Å². The zero-order chi connectivity index (χ0) is 17.0. The molecule has 0 atom stereocenters. The molecule has 0 radical (unpaired) electrons. The average molecular weight is 391 g/mol. The third-order valence-corrected chi connectivity index (χ3v) is 5.23. The maximum atomic E-state index is 5.61. The molecule has 1 N–H and O–H groups in total. The lowest BCUT2D eigenvalue weighted by Gasteiger charge is -2.38. The Balaban J connectivity index is 1.82. The van der Waals surface area contributed by atoms with Gasteiger partial charge in [-0.15, -0.1) is 0 Å². The Morgan fingerprint density at radius 1 is 1.25 bits per heavy atom. The third kappa shape index (κ3) is 3.73. The normalized spacial score (nSPS) is 16.6. The quantitative estimate of drug-likeness (QED) is 0.825. The van der Waals surface area contributed by atoms with Crippen LogP contribution < -0.4 is 10.1 Å². The Kier molecular flexibility index (Phi) is 5.41. The molecule has 1 aliphatic rings. The standard InChI is InChI=1S/C19H23BrN2O2/c1-14-11-16(20)12-21-18(14)22-13-19(7-9-24-10-8-19)15-3-5-17(23-2)6-4-15/h3-6,11-12H,7-10,13H2,1-2H3,(H,21,22). The Bertz CT molecular complexity index is 682. The van der Waals surface area contributed by atoms with Crippen LogP contribution in [0.25, 0.3) is 0 Å². The topological polar surface area (TPSA) is 43.4 Å². The molecule has 1 fully saturated rings. The molecule has 1 aromatic heterocycles. The monoisotopic (exact) mass is 390 g/mol. The molecule has 128 valence electrons. The summed E-state index contributed by atoms with van der Waals surface area (Å²) >= 11 is 3.47. The number of aryl methyl sites for hydroxylation is 1. The second-order valence-electron chi connectivity index (χ2n) is 6.29. The largest absolute Gasteiger partial charge is 0.497 e. The fourth-order valence-electron chi connectivity index (χ4n) is 3.25. The van der Waals surface area contributed by atoms with Crippen molar-refractivity contribution in [3.05, 3.63) is 52.1 Å². The summed E-state index contributed by atoms with van der Waals surface area (Å²) in [6.07, 6.45) is 3.84. The van der Waals surface area contributed by atoms with Gasteiger partial charge < -0.3 is 14.8 Å². The molecule has 5 heteroatoms. The van der Waals surface area contributed by atoms with Crippen molar-refractivity contribution in [1.82, 2.24) is 4.98 Å². The van der Waals surface area contributed by atoms with E-state index >= 15 is 0 Å². The van der Waals surface area contributed by atoms with E-state index in [9.17, 15) is 0 Å². The molecular formula is C19H23BrN2O2. The fraction of sp³-hybridized carbons (Fsp3) is 0.421. The first kappa shape index (κ1) is 17.2. The second kappa shape index (κ2) is 7.53. The van der Waals surface area contributed by atoms with E-state index in [4.69, 9.17) is 9.47 Å². The highest BCUT2D eigenvalue weighted by Crippen LogP contribution is 2.36. The zero-order valence-electron chi connectivity index (χ0n) is 14.1. The first-order valence-electron chi connectivity index (χ1n) is 8.21. The van der Waals surface area contributed by atoms with Crippen LogP contribution in [0.5, 0.6) is 5.75 Å². The molecular weight excluding hydrogens is 368 g/mol. The van der Waals surface area contributed by atoms with Crippen LogP contribution in [0.4, 0.5) is 5.82 Å². The van der Waals surface area contributed by atoms with Gasteiger partial charge in [-0.05, 0) is 65.0 Å². The van der Waals surface area contributed by atoms with Gasteiger partial charge in [-0.25, -0.2) is 4.98 Å². The van der Waals surface area contributed by atoms with E-state index in [-0.39, 0.29) is 5.41 Å². The third-order valence-electron chi connectivity index (χ3n) is 4.79. The predicted octanol–water partition coefficient (Wildman–Crippen LogP) is 4.32. The number of ether oxygens (including phenoxy) is 2. The number of methoxy groups -OCH3 is 1. The minimum absolute atomic E-state index is 0.0612. The van der Waals surface area contributed by atoms with Crippen LogP contribution in [0.15, 0.2) is 41.0 Å². The Morgan fingerprint density at radius 2 is 1.96 bits per heavy atom. The smallest absolute Gasteiger partial charge is 0.128 e. The highest BCUT2D eigenvalue weighted by atomic mass is 79.9. The van der Waals surface area contributed by atoms with Crippen molar-refractivity contribution in [2.45, 2.75) is 25.2 Å². The minimum Gasteiger partial charge on any atom is -0.497 e. The van der Waals surface area contributed by atoms with Crippen molar-refractivity contribution in [3.8, 4) is 5.75 Å². The summed E-state index contributed by atoms with van der Waals surface area (Å²) in [5, 5.41) is 3.56. The lowest BCUT2D eigenvalue weighted by Crippen LogP contribution is -2.40. The highest BCUT2D eigenvalue weighted by molar-refractivity contribution is 9.10. The SMILES string of the molecule is COc1ccc(C2(CNc3ncc(Br)cc3C)CCOCC2)cc1. The molecule has 0 aliphatic carbocycles. The van der Waals surface area contributed by atoms with Crippen LogP contribution >= 0.6 is 15.9 Å². The summed E-state index contributed by atoms with van der Waals surface area (Å²) in [7, 11) is 1.70. The van der Waals surface area contributed by atoms with Gasteiger partial charge in [0, 0.05) is 35.8 Å². The number of hydrogen-bond donors (Lipinski definition) is 1. The van der Waals surface area contributed by atoms with Crippen LogP contribution in [0.3, 0.4) is 0 Å². The molecule has 4 nitrogen and oxygen atoms in total. The Hall–Kier alpha value is -1.59. The van der Waals surface area contributed by atoms with E-state index < -0.39 is 0 Å². The van der Waals surface area contributed by atoms with Gasteiger partial charge in [-0.1, -0.05) is 12.1 Å². The molecule has 0 spiro atoms. The molecule has 0 amide bonds. The van der Waals surface area contributed by atoms with Gasteiger partial charge in [0.25, 0.3) is 0 Å². The summed E-state index contributed by atoms with van der Waals surface area (Å²) < 4.78 is 11.9. The molecule has 2 aromatic rings. The van der Waals surface area contributed by atoms with Gasteiger partial charge >= 0.3 is 0 Å². The van der Waals surface area contributed by atoms with Crippen molar-refractivity contribution in [3.63, 3.8) is 0 Å². The number of benzene rings is 1. The van der Waals surface area contributed by atoms with Crippen LogP contribution in [0.2, 0.25) is 0 Å². The van der Waals surface area contributed by atoms with E-state index in [0.29, 0.717) is 0 Å². The van der Waals surface area contributed by atoms with Crippen LogP contribution in [-0.2, 0) is 10.2 Å². The Morgan fingerprint density at radius 3 is 2.58 bits per heavy atom. The number of nitrogens with zero attached hydrogens (tertiary/aromatic N) is 1. The number of pyridine rings is 1. The minimum atomic E-state index is 0.0612. The maximum Gasteiger partial charge on any atom is 0.128 e. The van der Waals surface area contributed by atoms with E-state index in [1.165, 1.54) is 5.56 Å². The van der Waals surface area contributed by atoms with Crippen LogP contribution in [0.1, 0.15) is 24.0 Å². The molecule has 3 rings (SSSR count). The van der Waals surface area contributed by atoms with Crippen LogP contribution in [0, 0.1) is 6.92 Å². The van der Waals surface area contributed by atoms with Gasteiger partial charge in [-0.3, -0.25) is 0 Å². The molecule has 1 aliphatic heterocycles. The van der Waals surface area contributed by atoms with E-state index in [1.807, 2.05) is 18.3 Å². The van der Waals surface area contributed by atoms with E-state index in [0.717, 1.165) is 54.2 Å². The molecule has 0 saturated carbocycles. The van der Waals surface area contributed by atoms with Gasteiger partial charge in [0.1, 0.15) is 11.6 Å². The molecule has 2 heterocycles. The maximum absolute atomic E-state index is 5.61. The van der Waals surface area contributed by atoms with Gasteiger partial charge in [0.05, 0.1) is 7.11 Å². The predicted molar refractivity (Wildman–Crippen MR) is 99.9 cm³/mol. The van der Waals surface area contributed by atoms with Gasteiger partial charge in [-0.2, -0.15) is 0 Å². The molecule has 0 bridgehead atoms. The molecule has 1 saturated heterocycles. The molecule has 24 heavy (non-hydrogen) atoms. The molecule has 0 unspecified atom stereocenters. The lowest BCUT2D eigenvalue weighted by molar-refractivity contribution is 0.0543. The number of halogens is 1. The highest BCUT2D eigenvalue weighted by Gasteiger charge is 2.34. The number of nitrogens with one attached hydrogen (secondary N) is 1. The first-order chi connectivity index (χ1) is 11.6. The summed E-state index contributed by atoms with van der Waals surface area (Å²) in [6, 6.07) is 10.5. The van der Waals surface area contributed by atoms with Crippen molar-refractivity contribution >= 4 is 21.7 Å². The number of hydrogen-bond acceptors (Lipinski definition) is 4. The van der Waals surface area contributed by atoms with Crippen molar-refractivity contribution < 1.29 is 9.47 Å². The second-order valence-corrected chi connectivity index (χ2v) is 7.21. The lowest BCUT2D eigenvalue weighted by atomic mass is 9.74. The van der Waals surface area contributed by atoms with Crippen molar-refractivity contribution in [2.75, 3.05) is 32.2 Å². The summed E-state index contributed by atoms with van der Waals surface area (Å²) in [6.45, 7) is 4.50. The van der Waals surface area contributed by atoms with Gasteiger partial charge in [0.2, 0.25) is 0 Å². The fourth-order valence-corrected chi connectivity index (χ4v) is 3.70.